The molecule has 1 fully saturated rings. The van der Waals surface area contributed by atoms with E-state index in [1.807, 2.05) is 0 Å². The fraction of sp³-hybridized carbons (Fsp3) is 0.611. The number of fused-ring (bicyclic) bond motifs is 3. The van der Waals surface area contributed by atoms with Gasteiger partial charge in [0, 0.05) is 11.8 Å². The van der Waals surface area contributed by atoms with E-state index in [1.54, 1.807) is 7.11 Å². The monoisotopic (exact) mass is 272 g/mol. The molecule has 0 radical (unpaired) electrons. The first-order valence-electron chi connectivity index (χ1n) is 7.60. The van der Waals surface area contributed by atoms with Gasteiger partial charge >= 0.3 is 0 Å². The van der Waals surface area contributed by atoms with Gasteiger partial charge in [-0.15, -0.1) is 0 Å². The van der Waals surface area contributed by atoms with E-state index in [-0.39, 0.29) is 10.8 Å². The van der Waals surface area contributed by atoms with Crippen molar-refractivity contribution in [2.75, 3.05) is 7.11 Å². The number of Topliss-reactive ketones (excluding diaryl/α,β-unsaturated/α-hetero) is 1. The number of rotatable bonds is 1. The predicted molar refractivity (Wildman–Crippen MR) is 80.2 cm³/mol. The van der Waals surface area contributed by atoms with Gasteiger partial charge in [-0.1, -0.05) is 26.8 Å². The van der Waals surface area contributed by atoms with Crippen LogP contribution >= 0.6 is 0 Å². The molecular formula is C18H24O2. The fourth-order valence-electron chi connectivity index (χ4n) is 4.59. The highest BCUT2D eigenvalue weighted by Gasteiger charge is 2.53. The van der Waals surface area contributed by atoms with Crippen molar-refractivity contribution in [2.24, 2.45) is 11.3 Å². The Morgan fingerprint density at radius 3 is 2.65 bits per heavy atom. The highest BCUT2D eigenvalue weighted by Crippen LogP contribution is 2.56. The molecule has 2 atom stereocenters. The standard InChI is InChI=1S/C18H24O2/c1-17(2)15-8-6-12-5-7-13(20-4)11-14(12)18(15,3)10-9-16(17)19/h5,7,11,15H,6,8-10H2,1-4H3. The van der Waals surface area contributed by atoms with E-state index in [9.17, 15) is 4.79 Å². The smallest absolute Gasteiger partial charge is 0.138 e. The van der Waals surface area contributed by atoms with E-state index in [0.717, 1.165) is 25.0 Å². The second-order valence-electron chi connectivity index (χ2n) is 7.18. The molecular weight excluding hydrogens is 248 g/mol. The zero-order chi connectivity index (χ0) is 14.5. The molecule has 108 valence electrons. The number of carbonyl (C=O) groups is 1. The van der Waals surface area contributed by atoms with Crippen molar-refractivity contribution in [1.29, 1.82) is 0 Å². The second kappa shape index (κ2) is 4.34. The number of ether oxygens (including phenoxy) is 1. The first-order chi connectivity index (χ1) is 9.39. The molecule has 0 aliphatic heterocycles. The molecule has 0 saturated heterocycles. The van der Waals surface area contributed by atoms with Crippen LogP contribution in [0.5, 0.6) is 5.75 Å². The lowest BCUT2D eigenvalue weighted by molar-refractivity contribution is -0.137. The molecule has 0 amide bonds. The molecule has 0 aromatic heterocycles. The van der Waals surface area contributed by atoms with E-state index >= 15 is 0 Å². The Morgan fingerprint density at radius 1 is 1.20 bits per heavy atom. The lowest BCUT2D eigenvalue weighted by Gasteiger charge is -2.53. The van der Waals surface area contributed by atoms with Gasteiger partial charge in [-0.05, 0) is 53.9 Å². The minimum atomic E-state index is -0.201. The minimum Gasteiger partial charge on any atom is -0.497 e. The van der Waals surface area contributed by atoms with E-state index in [1.165, 1.54) is 11.1 Å². The van der Waals surface area contributed by atoms with Gasteiger partial charge in [0.2, 0.25) is 0 Å². The summed E-state index contributed by atoms with van der Waals surface area (Å²) < 4.78 is 5.41. The molecule has 1 aromatic rings. The van der Waals surface area contributed by atoms with Crippen LogP contribution in [0.25, 0.3) is 0 Å². The van der Waals surface area contributed by atoms with Crippen molar-refractivity contribution in [3.63, 3.8) is 0 Å². The van der Waals surface area contributed by atoms with Crippen molar-refractivity contribution >= 4 is 5.78 Å². The highest BCUT2D eigenvalue weighted by molar-refractivity contribution is 5.86. The largest absolute Gasteiger partial charge is 0.497 e. The maximum Gasteiger partial charge on any atom is 0.138 e. The minimum absolute atomic E-state index is 0.111. The highest BCUT2D eigenvalue weighted by atomic mass is 16.5. The summed E-state index contributed by atoms with van der Waals surface area (Å²) in [6.07, 6.45) is 3.88. The molecule has 2 aliphatic rings. The molecule has 2 heteroatoms. The maximum atomic E-state index is 12.3. The number of aryl methyl sites for hydroxylation is 1. The molecule has 0 N–H and O–H groups in total. The molecule has 1 aromatic carbocycles. The van der Waals surface area contributed by atoms with Crippen LogP contribution in [0.3, 0.4) is 0 Å². The number of carbonyl (C=O) groups excluding carboxylic acids is 1. The Morgan fingerprint density at radius 2 is 1.95 bits per heavy atom. The molecule has 2 unspecified atom stereocenters. The number of benzene rings is 1. The molecule has 0 bridgehead atoms. The lowest BCUT2D eigenvalue weighted by atomic mass is 9.50. The van der Waals surface area contributed by atoms with Crippen LogP contribution in [0.4, 0.5) is 0 Å². The van der Waals surface area contributed by atoms with Crippen LogP contribution < -0.4 is 4.74 Å². The van der Waals surface area contributed by atoms with Crippen molar-refractivity contribution in [1.82, 2.24) is 0 Å². The zero-order valence-electron chi connectivity index (χ0n) is 13.0. The Balaban J connectivity index is 2.13. The third-order valence-corrected chi connectivity index (χ3v) is 5.86. The molecule has 1 saturated carbocycles. The van der Waals surface area contributed by atoms with Crippen LogP contribution in [-0.4, -0.2) is 12.9 Å². The van der Waals surface area contributed by atoms with Gasteiger partial charge in [-0.2, -0.15) is 0 Å². The summed E-state index contributed by atoms with van der Waals surface area (Å²) in [4.78, 5) is 12.3. The van der Waals surface area contributed by atoms with Gasteiger partial charge in [0.25, 0.3) is 0 Å². The van der Waals surface area contributed by atoms with Crippen LogP contribution in [-0.2, 0) is 16.6 Å². The molecule has 0 spiro atoms. The molecule has 20 heavy (non-hydrogen) atoms. The maximum absolute atomic E-state index is 12.3. The van der Waals surface area contributed by atoms with Crippen molar-refractivity contribution in [3.05, 3.63) is 29.3 Å². The van der Waals surface area contributed by atoms with Gasteiger partial charge < -0.3 is 4.74 Å². The molecule has 2 nitrogen and oxygen atoms in total. The summed E-state index contributed by atoms with van der Waals surface area (Å²) in [6, 6.07) is 6.47. The van der Waals surface area contributed by atoms with Crippen LogP contribution in [0.2, 0.25) is 0 Å². The Bertz CT molecular complexity index is 559. The Kier molecular flexibility index (Phi) is 2.97. The number of hydrogen-bond donors (Lipinski definition) is 0. The molecule has 0 heterocycles. The summed E-state index contributed by atoms with van der Waals surface area (Å²) in [5.74, 6) is 1.81. The second-order valence-corrected chi connectivity index (χ2v) is 7.18. The van der Waals surface area contributed by atoms with Crippen LogP contribution in [0.1, 0.15) is 51.2 Å². The van der Waals surface area contributed by atoms with Gasteiger partial charge in [0.15, 0.2) is 0 Å². The van der Waals surface area contributed by atoms with Gasteiger partial charge in [0.1, 0.15) is 11.5 Å². The number of methoxy groups -OCH3 is 1. The van der Waals surface area contributed by atoms with Crippen LogP contribution in [0.15, 0.2) is 18.2 Å². The summed E-state index contributed by atoms with van der Waals surface area (Å²) in [6.45, 7) is 6.63. The quantitative estimate of drug-likeness (QED) is 0.775. The molecule has 2 aliphatic carbocycles. The van der Waals surface area contributed by atoms with Crippen LogP contribution in [0, 0.1) is 11.3 Å². The summed E-state index contributed by atoms with van der Waals surface area (Å²) >= 11 is 0. The van der Waals surface area contributed by atoms with Crippen molar-refractivity contribution in [2.45, 2.75) is 51.9 Å². The van der Waals surface area contributed by atoms with E-state index < -0.39 is 0 Å². The first-order valence-corrected chi connectivity index (χ1v) is 7.60. The van der Waals surface area contributed by atoms with Crippen molar-refractivity contribution < 1.29 is 9.53 Å². The first kappa shape index (κ1) is 13.7. The zero-order valence-corrected chi connectivity index (χ0v) is 13.0. The number of hydrogen-bond acceptors (Lipinski definition) is 2. The molecule has 3 rings (SSSR count). The van der Waals surface area contributed by atoms with Gasteiger partial charge in [-0.25, -0.2) is 0 Å². The summed E-state index contributed by atoms with van der Waals surface area (Å²) in [7, 11) is 1.72. The topological polar surface area (TPSA) is 26.3 Å². The Hall–Kier alpha value is -1.31. The average molecular weight is 272 g/mol. The van der Waals surface area contributed by atoms with Crippen molar-refractivity contribution in [3.8, 4) is 5.75 Å². The van der Waals surface area contributed by atoms with Gasteiger partial charge in [0.05, 0.1) is 7.11 Å². The summed E-state index contributed by atoms with van der Waals surface area (Å²) in [5, 5.41) is 0. The normalized spacial score (nSPS) is 31.4. The van der Waals surface area contributed by atoms with E-state index in [0.29, 0.717) is 18.1 Å². The SMILES string of the molecule is COc1ccc2c(c1)C1(C)CCC(=O)C(C)(C)C1CC2. The lowest BCUT2D eigenvalue weighted by Crippen LogP contribution is -2.52. The Labute approximate surface area is 121 Å². The number of ketones is 1. The average Bonchev–Trinajstić information content (AvgIpc) is 2.43. The fourth-order valence-corrected chi connectivity index (χ4v) is 4.59. The van der Waals surface area contributed by atoms with Gasteiger partial charge in [-0.3, -0.25) is 4.79 Å². The van der Waals surface area contributed by atoms with E-state index in [4.69, 9.17) is 4.74 Å². The predicted octanol–water partition coefficient (Wildman–Crippen LogP) is 3.90. The summed E-state index contributed by atoms with van der Waals surface area (Å²) in [5.41, 5.74) is 2.76. The third kappa shape index (κ3) is 1.73. The third-order valence-electron chi connectivity index (χ3n) is 5.86. The van der Waals surface area contributed by atoms with E-state index in [2.05, 4.69) is 39.0 Å².